The van der Waals surface area contributed by atoms with Crippen LogP contribution < -0.4 is 5.32 Å². The van der Waals surface area contributed by atoms with Crippen LogP contribution in [0.4, 0.5) is 5.82 Å². The molecule has 1 aromatic carbocycles. The van der Waals surface area contributed by atoms with Gasteiger partial charge < -0.3 is 10.3 Å². The lowest BCUT2D eigenvalue weighted by Gasteiger charge is -2.15. The van der Waals surface area contributed by atoms with E-state index in [0.29, 0.717) is 11.3 Å². The van der Waals surface area contributed by atoms with Crippen LogP contribution in [0.25, 0.3) is 11.0 Å². The number of aromatic nitrogens is 3. The smallest absolute Gasteiger partial charge is 0.143 e. The second kappa shape index (κ2) is 5.02. The van der Waals surface area contributed by atoms with Crippen LogP contribution in [0.2, 0.25) is 0 Å². The summed E-state index contributed by atoms with van der Waals surface area (Å²) in [5.41, 5.74) is 2.32. The van der Waals surface area contributed by atoms with Crippen LogP contribution in [-0.4, -0.2) is 15.0 Å². The molecule has 5 nitrogen and oxygen atoms in total. The maximum Gasteiger partial charge on any atom is 0.143 e. The molecule has 3 rings (SSSR count). The van der Waals surface area contributed by atoms with Crippen molar-refractivity contribution in [3.63, 3.8) is 0 Å². The lowest BCUT2D eigenvalue weighted by molar-refractivity contribution is 0.876. The molecule has 2 aromatic heterocycles. The molecule has 3 aromatic rings. The van der Waals surface area contributed by atoms with Crippen LogP contribution in [-0.2, 0) is 0 Å². The van der Waals surface area contributed by atoms with E-state index in [0.717, 1.165) is 11.2 Å². The minimum absolute atomic E-state index is 0.120. The number of aromatic amines is 1. The van der Waals surface area contributed by atoms with E-state index in [1.807, 2.05) is 18.2 Å². The summed E-state index contributed by atoms with van der Waals surface area (Å²) in [5.74, 6) is 0.726. The van der Waals surface area contributed by atoms with Gasteiger partial charge in [0.1, 0.15) is 29.6 Å². The molecular formula is C15H13N5. The first kappa shape index (κ1) is 12.2. The number of nitriles is 1. The topological polar surface area (TPSA) is 77.4 Å². The summed E-state index contributed by atoms with van der Waals surface area (Å²) in [6, 6.07) is 14.1. The molecule has 0 saturated carbocycles. The fourth-order valence-corrected chi connectivity index (χ4v) is 2.15. The predicted octanol–water partition coefficient (Wildman–Crippen LogP) is 3.00. The third kappa shape index (κ3) is 2.19. The largest absolute Gasteiger partial charge is 0.363 e. The van der Waals surface area contributed by atoms with E-state index in [4.69, 9.17) is 5.26 Å². The van der Waals surface area contributed by atoms with Gasteiger partial charge in [-0.3, -0.25) is 0 Å². The zero-order chi connectivity index (χ0) is 13.9. The number of H-pyrrole nitrogens is 1. The van der Waals surface area contributed by atoms with Gasteiger partial charge in [-0.2, -0.15) is 5.26 Å². The van der Waals surface area contributed by atoms with Gasteiger partial charge in [0, 0.05) is 6.04 Å². The number of benzene rings is 1. The van der Waals surface area contributed by atoms with Gasteiger partial charge in [0.15, 0.2) is 0 Å². The number of nitrogens with one attached hydrogen (secondary N) is 2. The van der Waals surface area contributed by atoms with Crippen LogP contribution in [0.5, 0.6) is 0 Å². The van der Waals surface area contributed by atoms with Crippen LogP contribution in [0.1, 0.15) is 24.2 Å². The summed E-state index contributed by atoms with van der Waals surface area (Å²) in [6.45, 7) is 2.07. The molecule has 0 aliphatic heterocycles. The minimum atomic E-state index is 0.120. The average Bonchev–Trinajstić information content (AvgIpc) is 2.92. The van der Waals surface area contributed by atoms with Crippen molar-refractivity contribution < 1.29 is 0 Å². The van der Waals surface area contributed by atoms with Crippen molar-refractivity contribution in [1.82, 2.24) is 15.0 Å². The van der Waals surface area contributed by atoms with Crippen LogP contribution in [0.3, 0.4) is 0 Å². The Morgan fingerprint density at radius 3 is 2.80 bits per heavy atom. The summed E-state index contributed by atoms with van der Waals surface area (Å²) >= 11 is 0. The first-order valence-corrected chi connectivity index (χ1v) is 6.33. The Balaban J connectivity index is 1.95. The number of rotatable bonds is 3. The lowest BCUT2D eigenvalue weighted by atomic mass is 10.1. The van der Waals surface area contributed by atoms with Crippen LogP contribution in [0.15, 0.2) is 42.7 Å². The highest BCUT2D eigenvalue weighted by atomic mass is 15.1. The standard InChI is InChI=1S/C15H13N5/c1-10(11-5-3-2-4-6-11)19-14-13-7-12(8-16)20-15(13)18-9-17-14/h2-7,9-10H,1H3,(H2,17,18,19,20)/t10-/m1/s1. The fourth-order valence-electron chi connectivity index (χ4n) is 2.15. The molecule has 0 aliphatic carbocycles. The molecule has 0 unspecified atom stereocenters. The maximum absolute atomic E-state index is 8.94. The van der Waals surface area contributed by atoms with E-state index in [9.17, 15) is 0 Å². The Morgan fingerprint density at radius 2 is 2.05 bits per heavy atom. The van der Waals surface area contributed by atoms with Crippen molar-refractivity contribution in [3.8, 4) is 6.07 Å². The molecule has 5 heteroatoms. The molecule has 0 spiro atoms. The van der Waals surface area contributed by atoms with Crippen molar-refractivity contribution in [1.29, 1.82) is 5.26 Å². The number of fused-ring (bicyclic) bond motifs is 1. The van der Waals surface area contributed by atoms with Crippen molar-refractivity contribution >= 4 is 16.9 Å². The van der Waals surface area contributed by atoms with E-state index in [-0.39, 0.29) is 6.04 Å². The third-order valence-electron chi connectivity index (χ3n) is 3.20. The molecule has 0 amide bonds. The van der Waals surface area contributed by atoms with E-state index in [1.54, 1.807) is 6.07 Å². The van der Waals surface area contributed by atoms with Crippen molar-refractivity contribution in [2.75, 3.05) is 5.32 Å². The van der Waals surface area contributed by atoms with Crippen LogP contribution >= 0.6 is 0 Å². The molecule has 0 bridgehead atoms. The Bertz CT molecular complexity index is 770. The van der Waals surface area contributed by atoms with Crippen molar-refractivity contribution in [2.45, 2.75) is 13.0 Å². The highest BCUT2D eigenvalue weighted by Crippen LogP contribution is 2.24. The van der Waals surface area contributed by atoms with Gasteiger partial charge in [0.25, 0.3) is 0 Å². The number of anilines is 1. The van der Waals surface area contributed by atoms with E-state index in [1.165, 1.54) is 11.9 Å². The highest BCUT2D eigenvalue weighted by Gasteiger charge is 2.11. The Morgan fingerprint density at radius 1 is 1.25 bits per heavy atom. The highest BCUT2D eigenvalue weighted by molar-refractivity contribution is 5.88. The molecule has 2 N–H and O–H groups in total. The second-order valence-electron chi connectivity index (χ2n) is 4.56. The van der Waals surface area contributed by atoms with Crippen LogP contribution in [0, 0.1) is 11.3 Å². The molecule has 0 radical (unpaired) electrons. The molecular weight excluding hydrogens is 250 g/mol. The van der Waals surface area contributed by atoms with Gasteiger partial charge >= 0.3 is 0 Å². The average molecular weight is 263 g/mol. The summed E-state index contributed by atoms with van der Waals surface area (Å²) in [5, 5.41) is 13.1. The number of nitrogens with zero attached hydrogens (tertiary/aromatic N) is 3. The zero-order valence-corrected chi connectivity index (χ0v) is 11.0. The van der Waals surface area contributed by atoms with Gasteiger partial charge in [0.05, 0.1) is 5.39 Å². The first-order chi connectivity index (χ1) is 9.78. The number of hydrogen-bond acceptors (Lipinski definition) is 4. The van der Waals surface area contributed by atoms with Crippen molar-refractivity contribution in [2.24, 2.45) is 0 Å². The Hall–Kier alpha value is -2.87. The Labute approximate surface area is 116 Å². The fraction of sp³-hybridized carbons (Fsp3) is 0.133. The quantitative estimate of drug-likeness (QED) is 0.761. The van der Waals surface area contributed by atoms with Crippen molar-refractivity contribution in [3.05, 3.63) is 54.0 Å². The van der Waals surface area contributed by atoms with Gasteiger partial charge in [-0.05, 0) is 18.6 Å². The normalized spacial score (nSPS) is 12.0. The Kier molecular flexibility index (Phi) is 3.05. The van der Waals surface area contributed by atoms with E-state index in [2.05, 4.69) is 45.4 Å². The van der Waals surface area contributed by atoms with Gasteiger partial charge in [-0.1, -0.05) is 30.3 Å². The summed E-state index contributed by atoms with van der Waals surface area (Å²) in [6.07, 6.45) is 1.49. The number of hydrogen-bond donors (Lipinski definition) is 2. The van der Waals surface area contributed by atoms with E-state index < -0.39 is 0 Å². The van der Waals surface area contributed by atoms with Gasteiger partial charge in [0.2, 0.25) is 0 Å². The molecule has 1 atom stereocenters. The molecule has 2 heterocycles. The summed E-state index contributed by atoms with van der Waals surface area (Å²) in [4.78, 5) is 11.3. The molecule has 0 saturated heterocycles. The predicted molar refractivity (Wildman–Crippen MR) is 77.1 cm³/mol. The SMILES string of the molecule is C[C@@H](Nc1ncnc2[nH]c(C#N)cc12)c1ccccc1. The van der Waals surface area contributed by atoms with Gasteiger partial charge in [-0.15, -0.1) is 0 Å². The zero-order valence-electron chi connectivity index (χ0n) is 11.0. The first-order valence-electron chi connectivity index (χ1n) is 6.33. The van der Waals surface area contributed by atoms with E-state index >= 15 is 0 Å². The second-order valence-corrected chi connectivity index (χ2v) is 4.56. The summed E-state index contributed by atoms with van der Waals surface area (Å²) in [7, 11) is 0. The third-order valence-corrected chi connectivity index (χ3v) is 3.20. The summed E-state index contributed by atoms with van der Waals surface area (Å²) < 4.78 is 0. The molecule has 0 fully saturated rings. The van der Waals surface area contributed by atoms with Gasteiger partial charge in [-0.25, -0.2) is 9.97 Å². The maximum atomic E-state index is 8.94. The molecule has 20 heavy (non-hydrogen) atoms. The minimum Gasteiger partial charge on any atom is -0.363 e. The lowest BCUT2D eigenvalue weighted by Crippen LogP contribution is -2.08. The molecule has 98 valence electrons. The monoisotopic (exact) mass is 263 g/mol. The molecule has 0 aliphatic rings.